The first-order chi connectivity index (χ1) is 11.7. The van der Waals surface area contributed by atoms with Gasteiger partial charge in [-0.1, -0.05) is 30.1 Å². The molecular weight excluding hydrogens is 403 g/mol. The molecule has 1 aliphatic carbocycles. The molecule has 1 unspecified atom stereocenters. The normalized spacial score (nSPS) is 17.2. The van der Waals surface area contributed by atoms with Crippen molar-refractivity contribution in [2.75, 3.05) is 4.72 Å². The zero-order valence-electron chi connectivity index (χ0n) is 13.3. The van der Waals surface area contributed by atoms with Crippen molar-refractivity contribution in [1.29, 1.82) is 0 Å². The number of rotatable bonds is 4. The molecular formula is C16H16Cl2N2O3S2. The number of hydrogen-bond donors (Lipinski definition) is 2. The third-order valence-electron chi connectivity index (χ3n) is 4.19. The summed E-state index contributed by atoms with van der Waals surface area (Å²) in [6, 6.07) is 4.04. The van der Waals surface area contributed by atoms with E-state index in [9.17, 15) is 13.2 Å². The molecule has 1 atom stereocenters. The Balaban J connectivity index is 2.02. The van der Waals surface area contributed by atoms with E-state index in [2.05, 4.69) is 11.6 Å². The molecule has 0 radical (unpaired) electrons. The number of benzene rings is 1. The van der Waals surface area contributed by atoms with E-state index in [1.807, 2.05) is 0 Å². The Morgan fingerprint density at radius 2 is 2.04 bits per heavy atom. The summed E-state index contributed by atoms with van der Waals surface area (Å²) in [4.78, 5) is 12.9. The smallest absolute Gasteiger partial charge is 0.262 e. The van der Waals surface area contributed by atoms with Crippen LogP contribution in [0.25, 0.3) is 0 Å². The van der Waals surface area contributed by atoms with Crippen molar-refractivity contribution in [2.45, 2.75) is 31.1 Å². The highest BCUT2D eigenvalue weighted by molar-refractivity contribution is 7.93. The van der Waals surface area contributed by atoms with E-state index >= 15 is 0 Å². The highest BCUT2D eigenvalue weighted by atomic mass is 35.5. The molecule has 25 heavy (non-hydrogen) atoms. The fraction of sp³-hybridized carbons (Fsp3) is 0.312. The van der Waals surface area contributed by atoms with Gasteiger partial charge in [0.25, 0.3) is 15.9 Å². The van der Waals surface area contributed by atoms with Gasteiger partial charge in [0.1, 0.15) is 5.00 Å². The van der Waals surface area contributed by atoms with Gasteiger partial charge in [0, 0.05) is 4.88 Å². The Kier molecular flexibility index (Phi) is 5.03. The minimum absolute atomic E-state index is 0.0305. The lowest BCUT2D eigenvalue weighted by atomic mass is 9.88. The Hall–Kier alpha value is -1.28. The number of amides is 1. The molecule has 0 bridgehead atoms. The molecule has 1 amide bonds. The maximum atomic E-state index is 12.7. The van der Waals surface area contributed by atoms with Crippen LogP contribution in [0.15, 0.2) is 23.1 Å². The molecule has 5 nitrogen and oxygen atoms in total. The number of sulfonamides is 1. The van der Waals surface area contributed by atoms with Crippen LogP contribution in [0.1, 0.15) is 34.1 Å². The van der Waals surface area contributed by atoms with E-state index in [1.54, 1.807) is 0 Å². The second-order valence-corrected chi connectivity index (χ2v) is 9.70. The van der Waals surface area contributed by atoms with Crippen LogP contribution in [0.4, 0.5) is 5.00 Å². The van der Waals surface area contributed by atoms with Gasteiger partial charge in [-0.3, -0.25) is 9.52 Å². The van der Waals surface area contributed by atoms with Gasteiger partial charge in [-0.05, 0) is 48.9 Å². The molecule has 1 aromatic heterocycles. The summed E-state index contributed by atoms with van der Waals surface area (Å²) in [5, 5.41) is 0.663. The maximum absolute atomic E-state index is 12.7. The molecule has 9 heteroatoms. The number of halogens is 2. The van der Waals surface area contributed by atoms with Crippen molar-refractivity contribution >= 4 is 55.5 Å². The number of thiophene rings is 1. The van der Waals surface area contributed by atoms with Crippen LogP contribution in [0, 0.1) is 5.92 Å². The molecule has 0 spiro atoms. The number of carbonyl (C=O) groups is 1. The monoisotopic (exact) mass is 418 g/mol. The Bertz CT molecular complexity index is 955. The van der Waals surface area contributed by atoms with E-state index in [1.165, 1.54) is 29.5 Å². The number of anilines is 1. The average molecular weight is 419 g/mol. The van der Waals surface area contributed by atoms with Crippen LogP contribution < -0.4 is 10.5 Å². The van der Waals surface area contributed by atoms with Crippen molar-refractivity contribution in [3.8, 4) is 0 Å². The maximum Gasteiger partial charge on any atom is 0.262 e. The standard InChI is InChI=1S/C16H16Cl2N2O3S2/c1-8-2-4-10-13(6-8)24-16(14(10)15(19)21)20-25(22,23)9-3-5-11(17)12(18)7-9/h3,5,7-8,20H,2,4,6H2,1H3,(H2,19,21). The minimum atomic E-state index is -3.91. The van der Waals surface area contributed by atoms with Gasteiger partial charge in [-0.2, -0.15) is 0 Å². The lowest BCUT2D eigenvalue weighted by Gasteiger charge is -2.18. The fourth-order valence-corrected chi connectivity index (χ4v) is 6.02. The first kappa shape index (κ1) is 18.5. The number of primary amides is 1. The molecule has 0 aliphatic heterocycles. The molecule has 2 aromatic rings. The number of nitrogens with two attached hydrogens (primary N) is 1. The van der Waals surface area contributed by atoms with Crippen molar-refractivity contribution in [2.24, 2.45) is 11.7 Å². The summed E-state index contributed by atoms with van der Waals surface area (Å²) < 4.78 is 27.8. The predicted octanol–water partition coefficient (Wildman–Crippen LogP) is 4.08. The fourth-order valence-electron chi connectivity index (χ4n) is 2.91. The van der Waals surface area contributed by atoms with Gasteiger partial charge >= 0.3 is 0 Å². The van der Waals surface area contributed by atoms with Gasteiger partial charge in [0.15, 0.2) is 0 Å². The van der Waals surface area contributed by atoms with E-state index in [0.29, 0.717) is 5.92 Å². The van der Waals surface area contributed by atoms with Crippen molar-refractivity contribution in [1.82, 2.24) is 0 Å². The molecule has 134 valence electrons. The van der Waals surface area contributed by atoms with Gasteiger partial charge in [-0.25, -0.2) is 8.42 Å². The van der Waals surface area contributed by atoms with E-state index in [4.69, 9.17) is 28.9 Å². The zero-order valence-corrected chi connectivity index (χ0v) is 16.5. The third kappa shape index (κ3) is 3.65. The SMILES string of the molecule is CC1CCc2c(sc(NS(=O)(=O)c3ccc(Cl)c(Cl)c3)c2C(N)=O)C1. The molecule has 0 fully saturated rings. The van der Waals surface area contributed by atoms with Gasteiger partial charge < -0.3 is 5.73 Å². The summed E-state index contributed by atoms with van der Waals surface area (Å²) in [5.74, 6) is -0.134. The van der Waals surface area contributed by atoms with Crippen LogP contribution in [0.5, 0.6) is 0 Å². The Morgan fingerprint density at radius 3 is 2.68 bits per heavy atom. The molecule has 1 aromatic carbocycles. The summed E-state index contributed by atoms with van der Waals surface area (Å²) >= 11 is 13.0. The number of hydrogen-bond acceptors (Lipinski definition) is 4. The molecule has 1 aliphatic rings. The predicted molar refractivity (Wildman–Crippen MR) is 101 cm³/mol. The van der Waals surface area contributed by atoms with Crippen LogP contribution in [-0.4, -0.2) is 14.3 Å². The number of carbonyl (C=O) groups excluding carboxylic acids is 1. The molecule has 3 rings (SSSR count). The van der Waals surface area contributed by atoms with E-state index in [-0.39, 0.29) is 25.5 Å². The van der Waals surface area contributed by atoms with Crippen LogP contribution in [0.3, 0.4) is 0 Å². The molecule has 3 N–H and O–H groups in total. The zero-order chi connectivity index (χ0) is 18.4. The lowest BCUT2D eigenvalue weighted by molar-refractivity contribution is 0.100. The lowest BCUT2D eigenvalue weighted by Crippen LogP contribution is -2.19. The number of fused-ring (bicyclic) bond motifs is 1. The average Bonchev–Trinajstić information content (AvgIpc) is 2.85. The topological polar surface area (TPSA) is 89.3 Å². The van der Waals surface area contributed by atoms with Crippen LogP contribution in [-0.2, 0) is 22.9 Å². The highest BCUT2D eigenvalue weighted by Crippen LogP contribution is 2.40. The van der Waals surface area contributed by atoms with Crippen molar-refractivity contribution in [3.63, 3.8) is 0 Å². The van der Waals surface area contributed by atoms with Gasteiger partial charge in [0.05, 0.1) is 20.5 Å². The van der Waals surface area contributed by atoms with Crippen LogP contribution in [0.2, 0.25) is 10.0 Å². The summed E-state index contributed by atoms with van der Waals surface area (Å²) in [6.07, 6.45) is 2.48. The molecule has 0 saturated carbocycles. The van der Waals surface area contributed by atoms with Gasteiger partial charge in [0.2, 0.25) is 0 Å². The Morgan fingerprint density at radius 1 is 1.32 bits per heavy atom. The van der Waals surface area contributed by atoms with E-state index in [0.717, 1.165) is 29.7 Å². The second-order valence-electron chi connectivity index (χ2n) is 6.10. The largest absolute Gasteiger partial charge is 0.365 e. The second kappa shape index (κ2) is 6.79. The van der Waals surface area contributed by atoms with Crippen molar-refractivity contribution in [3.05, 3.63) is 44.2 Å². The van der Waals surface area contributed by atoms with Gasteiger partial charge in [-0.15, -0.1) is 11.3 Å². The molecule has 0 saturated heterocycles. The van der Waals surface area contributed by atoms with E-state index < -0.39 is 15.9 Å². The van der Waals surface area contributed by atoms with Crippen molar-refractivity contribution < 1.29 is 13.2 Å². The summed E-state index contributed by atoms with van der Waals surface area (Å²) in [7, 11) is -3.91. The summed E-state index contributed by atoms with van der Waals surface area (Å²) in [6.45, 7) is 2.13. The first-order valence-electron chi connectivity index (χ1n) is 7.61. The Labute approximate surface area is 160 Å². The first-order valence-corrected chi connectivity index (χ1v) is 10.7. The quantitative estimate of drug-likeness (QED) is 0.783. The molecule has 1 heterocycles. The van der Waals surface area contributed by atoms with Crippen LogP contribution >= 0.6 is 34.5 Å². The summed E-state index contributed by atoms with van der Waals surface area (Å²) in [5.41, 5.74) is 6.65. The highest BCUT2D eigenvalue weighted by Gasteiger charge is 2.28. The third-order valence-corrected chi connectivity index (χ3v) is 7.57. The minimum Gasteiger partial charge on any atom is -0.365 e. The number of nitrogens with one attached hydrogen (secondary N) is 1.